The third-order valence-electron chi connectivity index (χ3n) is 4.98. The molecule has 1 aromatic heterocycles. The van der Waals surface area contributed by atoms with E-state index in [1.54, 1.807) is 18.3 Å². The summed E-state index contributed by atoms with van der Waals surface area (Å²) in [7, 11) is 0. The van der Waals surface area contributed by atoms with E-state index in [9.17, 15) is 24.6 Å². The quantitative estimate of drug-likeness (QED) is 0.328. The van der Waals surface area contributed by atoms with Crippen LogP contribution in [-0.2, 0) is 27.2 Å². The van der Waals surface area contributed by atoms with Gasteiger partial charge >= 0.3 is 5.97 Å². The summed E-state index contributed by atoms with van der Waals surface area (Å²) in [5.74, 6) is -2.02. The number of carbonyl (C=O) groups excluding carboxylic acids is 2. The van der Waals surface area contributed by atoms with Crippen molar-refractivity contribution in [2.24, 2.45) is 0 Å². The number of carboxylic acids is 1. The average Bonchev–Trinajstić information content (AvgIpc) is 3.42. The molecule has 1 aromatic carbocycles. The highest BCUT2D eigenvalue weighted by molar-refractivity contribution is 5.92. The molecule has 3 rings (SSSR count). The van der Waals surface area contributed by atoms with Crippen molar-refractivity contribution in [2.75, 3.05) is 6.54 Å². The smallest absolute Gasteiger partial charge is 0.326 e. The number of aromatic hydroxyl groups is 1. The maximum atomic E-state index is 12.9. The van der Waals surface area contributed by atoms with Gasteiger partial charge in [0.2, 0.25) is 11.8 Å². The van der Waals surface area contributed by atoms with Crippen molar-refractivity contribution >= 4 is 17.8 Å². The number of aromatic amines is 1. The molecule has 3 unspecified atom stereocenters. The summed E-state index contributed by atoms with van der Waals surface area (Å²) in [5.41, 5.74) is 1.28. The standard InChI is InChI=1S/C20H25N5O5/c26-14-5-3-12(4-6-14)8-17(20(29)30)25-19(28)16(9-13-10-21-11-23-13)24-18(27)15-2-1-7-22-15/h3-6,10-11,15-17,22,26H,1-2,7-9H2,(H,21,23)(H,24,27)(H,25,28)(H,29,30). The fourth-order valence-corrected chi connectivity index (χ4v) is 3.35. The van der Waals surface area contributed by atoms with Crippen LogP contribution in [0.15, 0.2) is 36.8 Å². The number of hydrogen-bond acceptors (Lipinski definition) is 6. The molecule has 160 valence electrons. The van der Waals surface area contributed by atoms with E-state index >= 15 is 0 Å². The molecule has 6 N–H and O–H groups in total. The van der Waals surface area contributed by atoms with Gasteiger partial charge in [0.1, 0.15) is 17.8 Å². The fraction of sp³-hybridized carbons (Fsp3) is 0.400. The Morgan fingerprint density at radius 3 is 2.50 bits per heavy atom. The number of benzene rings is 1. The van der Waals surface area contributed by atoms with E-state index in [1.807, 2.05) is 0 Å². The maximum Gasteiger partial charge on any atom is 0.326 e. The first-order chi connectivity index (χ1) is 14.4. The number of aromatic nitrogens is 2. The van der Waals surface area contributed by atoms with Crippen LogP contribution in [-0.4, -0.2) is 62.6 Å². The van der Waals surface area contributed by atoms with E-state index < -0.39 is 24.0 Å². The number of imidazole rings is 1. The summed E-state index contributed by atoms with van der Waals surface area (Å²) in [6.45, 7) is 0.739. The lowest BCUT2D eigenvalue weighted by molar-refractivity contribution is -0.142. The zero-order valence-electron chi connectivity index (χ0n) is 16.3. The van der Waals surface area contributed by atoms with Crippen LogP contribution in [0.25, 0.3) is 0 Å². The minimum Gasteiger partial charge on any atom is -0.508 e. The molecule has 1 aliphatic heterocycles. The molecule has 3 atom stereocenters. The number of carbonyl (C=O) groups is 3. The average molecular weight is 415 g/mol. The van der Waals surface area contributed by atoms with Gasteiger partial charge in [0.05, 0.1) is 12.4 Å². The maximum absolute atomic E-state index is 12.9. The van der Waals surface area contributed by atoms with Crippen molar-refractivity contribution in [3.63, 3.8) is 0 Å². The first kappa shape index (κ1) is 21.3. The molecule has 2 heterocycles. The van der Waals surface area contributed by atoms with Crippen LogP contribution in [0.2, 0.25) is 0 Å². The summed E-state index contributed by atoms with van der Waals surface area (Å²) < 4.78 is 0. The lowest BCUT2D eigenvalue weighted by Crippen LogP contribution is -2.55. The number of phenolic OH excluding ortho intramolecular Hbond substituents is 1. The largest absolute Gasteiger partial charge is 0.508 e. The molecule has 1 aliphatic rings. The summed E-state index contributed by atoms with van der Waals surface area (Å²) in [5, 5.41) is 27.2. The molecule has 1 fully saturated rings. The Bertz CT molecular complexity index is 862. The molecular formula is C20H25N5O5. The molecule has 10 heteroatoms. The molecule has 1 saturated heterocycles. The number of carboxylic acid groups (broad SMARTS) is 1. The number of amides is 2. The predicted octanol–water partition coefficient (Wildman–Crippen LogP) is -0.293. The Hall–Kier alpha value is -3.40. The number of phenols is 1. The Kier molecular flexibility index (Phi) is 7.02. The van der Waals surface area contributed by atoms with Gasteiger partial charge in [-0.1, -0.05) is 12.1 Å². The van der Waals surface area contributed by atoms with E-state index in [0.717, 1.165) is 13.0 Å². The lowest BCUT2D eigenvalue weighted by Gasteiger charge is -2.22. The molecule has 10 nitrogen and oxygen atoms in total. The summed E-state index contributed by atoms with van der Waals surface area (Å²) >= 11 is 0. The fourth-order valence-electron chi connectivity index (χ4n) is 3.35. The number of H-pyrrole nitrogens is 1. The molecule has 0 saturated carbocycles. The lowest BCUT2D eigenvalue weighted by atomic mass is 10.0. The van der Waals surface area contributed by atoms with Gasteiger partial charge in [-0.25, -0.2) is 9.78 Å². The molecule has 0 aliphatic carbocycles. The van der Waals surface area contributed by atoms with Gasteiger partial charge in [0.15, 0.2) is 0 Å². The van der Waals surface area contributed by atoms with Gasteiger partial charge in [0.25, 0.3) is 0 Å². The van der Waals surface area contributed by atoms with Crippen LogP contribution in [0.4, 0.5) is 0 Å². The highest BCUT2D eigenvalue weighted by Gasteiger charge is 2.30. The molecule has 0 radical (unpaired) electrons. The zero-order chi connectivity index (χ0) is 21.5. The summed E-state index contributed by atoms with van der Waals surface area (Å²) in [6, 6.07) is 3.57. The second kappa shape index (κ2) is 9.88. The second-order valence-electron chi connectivity index (χ2n) is 7.26. The Balaban J connectivity index is 1.69. The predicted molar refractivity (Wildman–Crippen MR) is 107 cm³/mol. The number of aliphatic carboxylic acids is 1. The Morgan fingerprint density at radius 2 is 1.90 bits per heavy atom. The SMILES string of the molecule is O=C(O)C(Cc1ccc(O)cc1)NC(=O)C(Cc1cnc[nH]1)NC(=O)C1CCCN1. The van der Waals surface area contributed by atoms with E-state index in [4.69, 9.17) is 0 Å². The van der Waals surface area contributed by atoms with Crippen molar-refractivity contribution in [1.29, 1.82) is 0 Å². The normalized spacial score (nSPS) is 17.8. The number of hydrogen-bond donors (Lipinski definition) is 6. The third-order valence-corrected chi connectivity index (χ3v) is 4.98. The monoisotopic (exact) mass is 415 g/mol. The van der Waals surface area contributed by atoms with Gasteiger partial charge in [-0.15, -0.1) is 0 Å². The van der Waals surface area contributed by atoms with Gasteiger partial charge in [-0.3, -0.25) is 9.59 Å². The van der Waals surface area contributed by atoms with Gasteiger partial charge in [-0.2, -0.15) is 0 Å². The first-order valence-electron chi connectivity index (χ1n) is 9.74. The molecule has 2 amide bonds. The molecular weight excluding hydrogens is 390 g/mol. The summed E-state index contributed by atoms with van der Waals surface area (Å²) in [4.78, 5) is 43.9. The van der Waals surface area contributed by atoms with Crippen molar-refractivity contribution in [2.45, 2.75) is 43.8 Å². The number of nitrogens with one attached hydrogen (secondary N) is 4. The molecule has 2 aromatic rings. The van der Waals surface area contributed by atoms with Crippen molar-refractivity contribution < 1.29 is 24.6 Å². The van der Waals surface area contributed by atoms with Crippen LogP contribution in [0.1, 0.15) is 24.1 Å². The minimum atomic E-state index is -1.19. The van der Waals surface area contributed by atoms with Crippen molar-refractivity contribution in [3.8, 4) is 5.75 Å². The molecule has 30 heavy (non-hydrogen) atoms. The first-order valence-corrected chi connectivity index (χ1v) is 9.74. The van der Waals surface area contributed by atoms with Crippen LogP contribution in [0, 0.1) is 0 Å². The molecule has 0 bridgehead atoms. The van der Waals surface area contributed by atoms with Gasteiger partial charge in [0, 0.05) is 24.7 Å². The van der Waals surface area contributed by atoms with E-state index in [2.05, 4.69) is 25.9 Å². The third kappa shape index (κ3) is 5.80. The molecule has 0 spiro atoms. The minimum absolute atomic E-state index is 0.0380. The second-order valence-corrected chi connectivity index (χ2v) is 7.26. The number of nitrogens with zero attached hydrogens (tertiary/aromatic N) is 1. The van der Waals surface area contributed by atoms with Crippen LogP contribution in [0.5, 0.6) is 5.75 Å². The highest BCUT2D eigenvalue weighted by atomic mass is 16.4. The summed E-state index contributed by atoms with van der Waals surface area (Å²) in [6.07, 6.45) is 4.76. The van der Waals surface area contributed by atoms with E-state index in [1.165, 1.54) is 18.5 Å². The van der Waals surface area contributed by atoms with Crippen LogP contribution < -0.4 is 16.0 Å². The highest BCUT2D eigenvalue weighted by Crippen LogP contribution is 2.12. The van der Waals surface area contributed by atoms with Crippen LogP contribution in [0.3, 0.4) is 0 Å². The Labute approximate surface area is 173 Å². The number of rotatable bonds is 9. The van der Waals surface area contributed by atoms with Gasteiger partial charge in [-0.05, 0) is 37.1 Å². The van der Waals surface area contributed by atoms with E-state index in [-0.39, 0.29) is 30.5 Å². The van der Waals surface area contributed by atoms with Crippen LogP contribution >= 0.6 is 0 Å². The van der Waals surface area contributed by atoms with Crippen molar-refractivity contribution in [3.05, 3.63) is 48.0 Å². The Morgan fingerprint density at radius 1 is 1.13 bits per heavy atom. The van der Waals surface area contributed by atoms with Crippen molar-refractivity contribution in [1.82, 2.24) is 25.9 Å². The van der Waals surface area contributed by atoms with Gasteiger partial charge < -0.3 is 31.1 Å². The zero-order valence-corrected chi connectivity index (χ0v) is 16.3. The topological polar surface area (TPSA) is 156 Å². The van der Waals surface area contributed by atoms with E-state index in [0.29, 0.717) is 17.7 Å².